The van der Waals surface area contributed by atoms with Crippen LogP contribution in [-0.4, -0.2) is 73.0 Å². The number of rotatable bonds is 5. The Hall–Kier alpha value is -0.610. The van der Waals surface area contributed by atoms with Crippen molar-refractivity contribution in [3.63, 3.8) is 0 Å². The highest BCUT2D eigenvalue weighted by atomic mass is 16.2. The highest BCUT2D eigenvalue weighted by Gasteiger charge is 2.33. The fourth-order valence-corrected chi connectivity index (χ4v) is 3.02. The predicted octanol–water partition coefficient (Wildman–Crippen LogP) is 1.90. The third-order valence-electron chi connectivity index (χ3n) is 4.72. The Morgan fingerprint density at radius 2 is 1.60 bits per heavy atom. The van der Waals surface area contributed by atoms with Gasteiger partial charge in [-0.25, -0.2) is 0 Å². The number of likely N-dealkylation sites (tertiary alicyclic amines) is 1. The van der Waals surface area contributed by atoms with E-state index >= 15 is 0 Å². The molecule has 0 spiro atoms. The van der Waals surface area contributed by atoms with Crippen molar-refractivity contribution in [1.82, 2.24) is 14.7 Å². The van der Waals surface area contributed by atoms with Gasteiger partial charge in [0.05, 0.1) is 6.04 Å². The van der Waals surface area contributed by atoms with Gasteiger partial charge in [-0.2, -0.15) is 0 Å². The molecule has 1 amide bonds. The lowest BCUT2D eigenvalue weighted by Gasteiger charge is -2.40. The van der Waals surface area contributed by atoms with E-state index < -0.39 is 0 Å². The number of carbonyl (C=O) groups is 1. The molecular formula is C16H33N3O. The van der Waals surface area contributed by atoms with Gasteiger partial charge in [-0.05, 0) is 59.8 Å². The van der Waals surface area contributed by atoms with Crippen molar-refractivity contribution >= 4 is 5.91 Å². The summed E-state index contributed by atoms with van der Waals surface area (Å²) in [6, 6.07) is 0.775. The van der Waals surface area contributed by atoms with Crippen molar-refractivity contribution in [1.29, 1.82) is 0 Å². The minimum absolute atomic E-state index is 0.0142. The van der Waals surface area contributed by atoms with Crippen LogP contribution in [-0.2, 0) is 4.79 Å². The number of piperidine rings is 1. The summed E-state index contributed by atoms with van der Waals surface area (Å²) in [4.78, 5) is 19.4. The lowest BCUT2D eigenvalue weighted by Crippen LogP contribution is -2.54. The zero-order chi connectivity index (χ0) is 15.4. The van der Waals surface area contributed by atoms with E-state index in [-0.39, 0.29) is 11.9 Å². The molecule has 1 aliphatic heterocycles. The van der Waals surface area contributed by atoms with Gasteiger partial charge in [0.25, 0.3) is 0 Å². The zero-order valence-corrected chi connectivity index (χ0v) is 14.4. The quantitative estimate of drug-likeness (QED) is 0.771. The second-order valence-corrected chi connectivity index (χ2v) is 6.93. The Balaban J connectivity index is 2.74. The van der Waals surface area contributed by atoms with E-state index in [1.54, 1.807) is 0 Å². The Morgan fingerprint density at radius 1 is 1.10 bits per heavy atom. The second kappa shape index (κ2) is 7.41. The van der Waals surface area contributed by atoms with Crippen molar-refractivity contribution in [2.24, 2.45) is 5.92 Å². The van der Waals surface area contributed by atoms with Crippen molar-refractivity contribution in [2.75, 3.05) is 34.2 Å². The van der Waals surface area contributed by atoms with Crippen LogP contribution in [0.15, 0.2) is 0 Å². The molecule has 0 radical (unpaired) electrons. The van der Waals surface area contributed by atoms with Crippen LogP contribution in [0.5, 0.6) is 0 Å². The van der Waals surface area contributed by atoms with Crippen LogP contribution in [0.2, 0.25) is 0 Å². The zero-order valence-electron chi connectivity index (χ0n) is 14.4. The Labute approximate surface area is 125 Å². The van der Waals surface area contributed by atoms with Crippen LogP contribution in [0, 0.1) is 5.92 Å². The summed E-state index contributed by atoms with van der Waals surface area (Å²) >= 11 is 0. The van der Waals surface area contributed by atoms with Crippen molar-refractivity contribution in [3.8, 4) is 0 Å². The topological polar surface area (TPSA) is 26.8 Å². The first-order valence-corrected chi connectivity index (χ1v) is 7.92. The third kappa shape index (κ3) is 4.19. The first-order chi connectivity index (χ1) is 9.25. The number of likely N-dealkylation sites (N-methyl/N-ethyl adjacent to an activating group) is 2. The van der Waals surface area contributed by atoms with Gasteiger partial charge in [0, 0.05) is 19.1 Å². The summed E-state index contributed by atoms with van der Waals surface area (Å²) < 4.78 is 0. The van der Waals surface area contributed by atoms with Crippen LogP contribution in [0.1, 0.15) is 40.5 Å². The lowest BCUT2D eigenvalue weighted by molar-refractivity contribution is -0.140. The van der Waals surface area contributed by atoms with Gasteiger partial charge in [0.15, 0.2) is 0 Å². The summed E-state index contributed by atoms with van der Waals surface area (Å²) in [6.07, 6.45) is 2.18. The van der Waals surface area contributed by atoms with E-state index in [1.165, 1.54) is 0 Å². The van der Waals surface area contributed by atoms with Crippen LogP contribution in [0.25, 0.3) is 0 Å². The number of hydrogen-bond donors (Lipinski definition) is 0. The lowest BCUT2D eigenvalue weighted by atomic mass is 9.97. The first-order valence-electron chi connectivity index (χ1n) is 7.92. The molecule has 1 atom stereocenters. The Bertz CT molecular complexity index is 309. The van der Waals surface area contributed by atoms with E-state index in [4.69, 9.17) is 0 Å². The molecule has 0 saturated carbocycles. The molecule has 1 fully saturated rings. The molecular weight excluding hydrogens is 250 g/mol. The van der Waals surface area contributed by atoms with Crippen LogP contribution in [0.3, 0.4) is 0 Å². The van der Waals surface area contributed by atoms with Gasteiger partial charge in [-0.3, -0.25) is 9.69 Å². The minimum atomic E-state index is -0.0142. The van der Waals surface area contributed by atoms with Gasteiger partial charge in [0.1, 0.15) is 0 Å². The van der Waals surface area contributed by atoms with Crippen molar-refractivity contribution in [3.05, 3.63) is 0 Å². The highest BCUT2D eigenvalue weighted by molar-refractivity contribution is 5.82. The largest absolute Gasteiger partial charge is 0.341 e. The van der Waals surface area contributed by atoms with Crippen molar-refractivity contribution in [2.45, 2.75) is 58.7 Å². The van der Waals surface area contributed by atoms with Gasteiger partial charge >= 0.3 is 0 Å². The van der Waals surface area contributed by atoms with E-state index in [9.17, 15) is 4.79 Å². The highest BCUT2D eigenvalue weighted by Crippen LogP contribution is 2.20. The standard InChI is InChI=1S/C16H33N3O/c1-12(2)15(18(6)13(3)4)16(20)19(7)14-8-10-17(5)11-9-14/h12-15H,8-11H2,1-7H3. The maximum Gasteiger partial charge on any atom is 0.240 e. The summed E-state index contributed by atoms with van der Waals surface area (Å²) in [5.41, 5.74) is 0. The summed E-state index contributed by atoms with van der Waals surface area (Å²) in [7, 11) is 6.21. The molecule has 0 aliphatic carbocycles. The monoisotopic (exact) mass is 283 g/mol. The SMILES string of the molecule is CC(C)C(C(=O)N(C)C1CCN(C)CC1)N(C)C(C)C. The molecule has 4 nitrogen and oxygen atoms in total. The average Bonchev–Trinajstić information content (AvgIpc) is 2.38. The van der Waals surface area contributed by atoms with Gasteiger partial charge in [0.2, 0.25) is 5.91 Å². The molecule has 0 N–H and O–H groups in total. The molecule has 0 aromatic rings. The second-order valence-electron chi connectivity index (χ2n) is 6.93. The molecule has 0 bridgehead atoms. The number of nitrogens with zero attached hydrogens (tertiary/aromatic N) is 3. The summed E-state index contributed by atoms with van der Waals surface area (Å²) in [5, 5.41) is 0. The number of carbonyl (C=O) groups excluding carboxylic acids is 1. The molecule has 118 valence electrons. The molecule has 0 aromatic heterocycles. The molecule has 1 unspecified atom stereocenters. The first kappa shape index (κ1) is 17.4. The molecule has 20 heavy (non-hydrogen) atoms. The van der Waals surface area contributed by atoms with E-state index in [0.29, 0.717) is 18.0 Å². The van der Waals surface area contributed by atoms with E-state index in [0.717, 1.165) is 25.9 Å². The molecule has 1 aliphatic rings. The molecule has 1 heterocycles. The maximum atomic E-state index is 12.9. The summed E-state index contributed by atoms with van der Waals surface area (Å²) in [5.74, 6) is 0.620. The van der Waals surface area contributed by atoms with Crippen molar-refractivity contribution < 1.29 is 4.79 Å². The molecule has 4 heteroatoms. The van der Waals surface area contributed by atoms with E-state index in [1.807, 2.05) is 11.9 Å². The number of hydrogen-bond acceptors (Lipinski definition) is 3. The van der Waals surface area contributed by atoms with Crippen LogP contribution in [0.4, 0.5) is 0 Å². The Morgan fingerprint density at radius 3 is 2.00 bits per heavy atom. The van der Waals surface area contributed by atoms with Gasteiger partial charge in [-0.15, -0.1) is 0 Å². The molecule has 1 rings (SSSR count). The minimum Gasteiger partial charge on any atom is -0.341 e. The summed E-state index contributed by atoms with van der Waals surface area (Å²) in [6.45, 7) is 10.8. The smallest absolute Gasteiger partial charge is 0.240 e. The fraction of sp³-hybridized carbons (Fsp3) is 0.938. The Kier molecular flexibility index (Phi) is 6.46. The van der Waals surface area contributed by atoms with Gasteiger partial charge < -0.3 is 9.80 Å². The molecule has 0 aromatic carbocycles. The van der Waals surface area contributed by atoms with Crippen LogP contribution < -0.4 is 0 Å². The van der Waals surface area contributed by atoms with E-state index in [2.05, 4.69) is 51.6 Å². The normalized spacial score (nSPS) is 19.9. The maximum absolute atomic E-state index is 12.9. The third-order valence-corrected chi connectivity index (χ3v) is 4.72. The van der Waals surface area contributed by atoms with Crippen LogP contribution >= 0.6 is 0 Å². The average molecular weight is 283 g/mol. The predicted molar refractivity (Wildman–Crippen MR) is 84.8 cm³/mol. The molecule has 1 saturated heterocycles. The fourth-order valence-electron chi connectivity index (χ4n) is 3.02. The number of amides is 1. The van der Waals surface area contributed by atoms with Gasteiger partial charge in [-0.1, -0.05) is 13.8 Å².